The molecule has 1 fully saturated rings. The predicted molar refractivity (Wildman–Crippen MR) is 72.1 cm³/mol. The molecule has 2 aliphatic rings. The number of amides is 2. The molecule has 1 N–H and O–H groups in total. The Labute approximate surface area is 122 Å². The quantitative estimate of drug-likeness (QED) is 0.793. The summed E-state index contributed by atoms with van der Waals surface area (Å²) in [5.74, 6) is 0.139. The standard InChI is InChI=1S/C13H18N4O4/c18-11(16-3-6-20-7-4-16)9-14-13(19)10-8-12-17(15-10)2-1-5-21-12/h8H,1-7,9H2,(H,14,19). The summed E-state index contributed by atoms with van der Waals surface area (Å²) in [5, 5.41) is 6.78. The van der Waals surface area contributed by atoms with Crippen LogP contribution in [-0.4, -0.2) is 65.9 Å². The Bertz CT molecular complexity index is 513. The van der Waals surface area contributed by atoms with E-state index in [1.165, 1.54) is 0 Å². The molecule has 0 aromatic carbocycles. The molecule has 0 saturated carbocycles. The van der Waals surface area contributed by atoms with Gasteiger partial charge in [-0.3, -0.25) is 9.59 Å². The largest absolute Gasteiger partial charge is 0.478 e. The first-order valence-electron chi connectivity index (χ1n) is 7.08. The van der Waals surface area contributed by atoms with Gasteiger partial charge in [0.15, 0.2) is 5.69 Å². The van der Waals surface area contributed by atoms with Gasteiger partial charge in [-0.2, -0.15) is 5.10 Å². The molecule has 2 amide bonds. The molecule has 0 spiro atoms. The number of carbonyl (C=O) groups excluding carboxylic acids is 2. The number of carbonyl (C=O) groups is 2. The van der Waals surface area contributed by atoms with Crippen molar-refractivity contribution in [2.24, 2.45) is 0 Å². The maximum absolute atomic E-state index is 12.0. The van der Waals surface area contributed by atoms with E-state index >= 15 is 0 Å². The molecule has 3 heterocycles. The lowest BCUT2D eigenvalue weighted by Gasteiger charge is -2.26. The number of morpholine rings is 1. The highest BCUT2D eigenvalue weighted by Gasteiger charge is 2.20. The second kappa shape index (κ2) is 6.13. The predicted octanol–water partition coefficient (Wildman–Crippen LogP) is -0.746. The number of fused-ring (bicyclic) bond motifs is 1. The first-order chi connectivity index (χ1) is 10.2. The first-order valence-corrected chi connectivity index (χ1v) is 7.08. The van der Waals surface area contributed by atoms with Gasteiger partial charge in [-0.1, -0.05) is 0 Å². The average molecular weight is 294 g/mol. The molecule has 8 heteroatoms. The van der Waals surface area contributed by atoms with E-state index in [0.717, 1.165) is 13.0 Å². The zero-order valence-corrected chi connectivity index (χ0v) is 11.7. The lowest BCUT2D eigenvalue weighted by Crippen LogP contribution is -2.45. The second-order valence-corrected chi connectivity index (χ2v) is 4.97. The summed E-state index contributed by atoms with van der Waals surface area (Å²) in [4.78, 5) is 25.6. The van der Waals surface area contributed by atoms with Crippen molar-refractivity contribution in [1.29, 1.82) is 0 Å². The first kappa shape index (κ1) is 13.9. The zero-order valence-electron chi connectivity index (χ0n) is 11.7. The van der Waals surface area contributed by atoms with Crippen LogP contribution in [-0.2, 0) is 16.1 Å². The molecule has 2 aliphatic heterocycles. The number of rotatable bonds is 3. The van der Waals surface area contributed by atoms with Gasteiger partial charge in [0.1, 0.15) is 0 Å². The molecule has 21 heavy (non-hydrogen) atoms. The molecule has 0 radical (unpaired) electrons. The smallest absolute Gasteiger partial charge is 0.272 e. The Morgan fingerprint density at radius 3 is 2.81 bits per heavy atom. The summed E-state index contributed by atoms with van der Waals surface area (Å²) in [6.07, 6.45) is 0.880. The van der Waals surface area contributed by atoms with Crippen molar-refractivity contribution in [2.45, 2.75) is 13.0 Å². The van der Waals surface area contributed by atoms with Crippen molar-refractivity contribution in [1.82, 2.24) is 20.0 Å². The summed E-state index contributed by atoms with van der Waals surface area (Å²) in [6, 6.07) is 1.60. The number of aromatic nitrogens is 2. The second-order valence-electron chi connectivity index (χ2n) is 4.97. The molecule has 0 unspecified atom stereocenters. The van der Waals surface area contributed by atoms with Crippen molar-refractivity contribution in [3.63, 3.8) is 0 Å². The monoisotopic (exact) mass is 294 g/mol. The Morgan fingerprint density at radius 1 is 1.24 bits per heavy atom. The van der Waals surface area contributed by atoms with E-state index in [1.807, 2.05) is 0 Å². The Balaban J connectivity index is 1.53. The molecule has 0 bridgehead atoms. The topological polar surface area (TPSA) is 85.7 Å². The molecule has 0 aliphatic carbocycles. The van der Waals surface area contributed by atoms with Crippen LogP contribution < -0.4 is 10.1 Å². The molecular weight excluding hydrogens is 276 g/mol. The molecule has 1 aromatic heterocycles. The molecule has 1 aromatic rings. The maximum Gasteiger partial charge on any atom is 0.272 e. The van der Waals surface area contributed by atoms with Gasteiger partial charge >= 0.3 is 0 Å². The van der Waals surface area contributed by atoms with Crippen LogP contribution in [0.25, 0.3) is 0 Å². The van der Waals surface area contributed by atoms with Crippen molar-refractivity contribution >= 4 is 11.8 Å². The highest BCUT2D eigenvalue weighted by molar-refractivity contribution is 5.95. The van der Waals surface area contributed by atoms with Crippen LogP contribution in [0.4, 0.5) is 0 Å². The van der Waals surface area contributed by atoms with Gasteiger partial charge in [0.25, 0.3) is 5.91 Å². The Hall–Kier alpha value is -2.09. The van der Waals surface area contributed by atoms with E-state index in [2.05, 4.69) is 10.4 Å². The average Bonchev–Trinajstić information content (AvgIpc) is 2.97. The maximum atomic E-state index is 12.0. The highest BCUT2D eigenvalue weighted by Crippen LogP contribution is 2.18. The van der Waals surface area contributed by atoms with Gasteiger partial charge in [-0.05, 0) is 0 Å². The third-order valence-corrected chi connectivity index (χ3v) is 3.50. The Morgan fingerprint density at radius 2 is 2.05 bits per heavy atom. The minimum absolute atomic E-state index is 0.0259. The normalized spacial score (nSPS) is 17.8. The number of hydrogen-bond donors (Lipinski definition) is 1. The van der Waals surface area contributed by atoms with Crippen LogP contribution in [0.2, 0.25) is 0 Å². The number of nitrogens with one attached hydrogen (secondary N) is 1. The molecule has 114 valence electrons. The van der Waals surface area contributed by atoms with Gasteiger partial charge in [-0.25, -0.2) is 4.68 Å². The van der Waals surface area contributed by atoms with Gasteiger partial charge in [-0.15, -0.1) is 0 Å². The lowest BCUT2D eigenvalue weighted by atomic mass is 10.3. The van der Waals surface area contributed by atoms with Crippen LogP contribution in [0, 0.1) is 0 Å². The summed E-state index contributed by atoms with van der Waals surface area (Å²) in [7, 11) is 0. The van der Waals surface area contributed by atoms with E-state index in [-0.39, 0.29) is 24.1 Å². The van der Waals surface area contributed by atoms with E-state index in [9.17, 15) is 9.59 Å². The van der Waals surface area contributed by atoms with E-state index in [4.69, 9.17) is 9.47 Å². The minimum Gasteiger partial charge on any atom is -0.478 e. The lowest BCUT2D eigenvalue weighted by molar-refractivity contribution is -0.134. The SMILES string of the molecule is O=C(NCC(=O)N1CCOCC1)c1cc2n(n1)CCCO2. The number of nitrogens with zero attached hydrogens (tertiary/aromatic N) is 3. The van der Waals surface area contributed by atoms with Gasteiger partial charge in [0.05, 0.1) is 26.4 Å². The fourth-order valence-electron chi connectivity index (χ4n) is 2.35. The van der Waals surface area contributed by atoms with Gasteiger partial charge in [0.2, 0.25) is 11.8 Å². The Kier molecular flexibility index (Phi) is 4.05. The van der Waals surface area contributed by atoms with Gasteiger partial charge in [0, 0.05) is 32.1 Å². The number of aryl methyl sites for hydroxylation is 1. The van der Waals surface area contributed by atoms with Gasteiger partial charge < -0.3 is 19.7 Å². The highest BCUT2D eigenvalue weighted by atomic mass is 16.5. The summed E-state index contributed by atoms with van der Waals surface area (Å²) in [6.45, 7) is 3.59. The van der Waals surface area contributed by atoms with Crippen LogP contribution in [0.15, 0.2) is 6.07 Å². The third-order valence-electron chi connectivity index (χ3n) is 3.50. The van der Waals surface area contributed by atoms with Crippen LogP contribution in [0.5, 0.6) is 5.88 Å². The third kappa shape index (κ3) is 3.15. The minimum atomic E-state index is -0.359. The molecule has 0 atom stereocenters. The van der Waals surface area contributed by atoms with Crippen molar-refractivity contribution in [3.05, 3.63) is 11.8 Å². The fourth-order valence-corrected chi connectivity index (χ4v) is 2.35. The molecule has 8 nitrogen and oxygen atoms in total. The van der Waals surface area contributed by atoms with Crippen LogP contribution in [0.3, 0.4) is 0 Å². The molecular formula is C13H18N4O4. The number of hydrogen-bond acceptors (Lipinski definition) is 5. The van der Waals surface area contributed by atoms with E-state index in [1.54, 1.807) is 15.6 Å². The fraction of sp³-hybridized carbons (Fsp3) is 0.615. The van der Waals surface area contributed by atoms with Crippen molar-refractivity contribution < 1.29 is 19.1 Å². The number of ether oxygens (including phenoxy) is 2. The van der Waals surface area contributed by atoms with Crippen molar-refractivity contribution in [3.8, 4) is 5.88 Å². The summed E-state index contributed by atoms with van der Waals surface area (Å²) < 4.78 is 12.3. The van der Waals surface area contributed by atoms with Crippen molar-refractivity contribution in [2.75, 3.05) is 39.5 Å². The van der Waals surface area contributed by atoms with E-state index in [0.29, 0.717) is 38.8 Å². The molecule has 1 saturated heterocycles. The summed E-state index contributed by atoms with van der Waals surface area (Å²) in [5.41, 5.74) is 0.279. The van der Waals surface area contributed by atoms with Crippen LogP contribution >= 0.6 is 0 Å². The summed E-state index contributed by atoms with van der Waals surface area (Å²) >= 11 is 0. The zero-order chi connectivity index (χ0) is 14.7. The molecule has 3 rings (SSSR count). The van der Waals surface area contributed by atoms with E-state index < -0.39 is 0 Å². The van der Waals surface area contributed by atoms with Crippen LogP contribution in [0.1, 0.15) is 16.9 Å².